The predicted molar refractivity (Wildman–Crippen MR) is 52.6 cm³/mol. The van der Waals surface area contributed by atoms with Crippen molar-refractivity contribution in [3.8, 4) is 0 Å². The molecule has 16 heavy (non-hydrogen) atoms. The Balaban J connectivity index is 3.18. The van der Waals surface area contributed by atoms with Crippen LogP contribution >= 0.6 is 0 Å². The van der Waals surface area contributed by atoms with Crippen molar-refractivity contribution in [1.29, 1.82) is 0 Å². The van der Waals surface area contributed by atoms with Gasteiger partial charge in [-0.25, -0.2) is 5.14 Å². The van der Waals surface area contributed by atoms with Crippen molar-refractivity contribution in [3.05, 3.63) is 23.8 Å². The average molecular weight is 255 g/mol. The SMILES string of the molecule is Nc1ccc(NS(N)(=O)=O)cc1C(F)(F)F. The minimum absolute atomic E-state index is 0.302. The number of benzene rings is 1. The van der Waals surface area contributed by atoms with Gasteiger partial charge in [0, 0.05) is 5.69 Å². The van der Waals surface area contributed by atoms with Crippen molar-refractivity contribution >= 4 is 21.6 Å². The first-order chi connectivity index (χ1) is 7.09. The standard InChI is InChI=1S/C7H8F3N3O2S/c8-7(9,10)5-3-4(1-2-6(5)11)13-16(12,14)15/h1-3,13H,11H2,(H2,12,14,15). The number of anilines is 2. The fourth-order valence-corrected chi connectivity index (χ4v) is 1.49. The molecule has 1 rings (SSSR count). The smallest absolute Gasteiger partial charge is 0.398 e. The van der Waals surface area contributed by atoms with Gasteiger partial charge in [-0.1, -0.05) is 0 Å². The van der Waals surface area contributed by atoms with Crippen molar-refractivity contribution in [2.75, 3.05) is 10.5 Å². The second-order valence-corrected chi connectivity index (χ2v) is 4.24. The summed E-state index contributed by atoms with van der Waals surface area (Å²) in [6.45, 7) is 0. The number of nitrogens with two attached hydrogens (primary N) is 2. The number of nitrogen functional groups attached to an aromatic ring is 1. The Kier molecular flexibility index (Phi) is 3.01. The molecule has 5 N–H and O–H groups in total. The Hall–Kier alpha value is -1.48. The largest absolute Gasteiger partial charge is 0.418 e. The lowest BCUT2D eigenvalue weighted by molar-refractivity contribution is -0.136. The van der Waals surface area contributed by atoms with E-state index < -0.39 is 27.6 Å². The van der Waals surface area contributed by atoms with E-state index in [0.29, 0.717) is 6.07 Å². The Labute approximate surface area is 89.4 Å². The lowest BCUT2D eigenvalue weighted by atomic mass is 10.1. The number of alkyl halides is 3. The molecule has 0 spiro atoms. The van der Waals surface area contributed by atoms with Crippen LogP contribution in [0.5, 0.6) is 0 Å². The second kappa shape index (κ2) is 3.83. The summed E-state index contributed by atoms with van der Waals surface area (Å²) in [7, 11) is -4.11. The zero-order valence-electron chi connectivity index (χ0n) is 7.75. The fourth-order valence-electron chi connectivity index (χ4n) is 1.03. The average Bonchev–Trinajstić information content (AvgIpc) is 2.04. The lowest BCUT2D eigenvalue weighted by Gasteiger charge is -2.11. The highest BCUT2D eigenvalue weighted by Gasteiger charge is 2.33. The van der Waals surface area contributed by atoms with Crippen LogP contribution in [0.3, 0.4) is 0 Å². The van der Waals surface area contributed by atoms with E-state index in [9.17, 15) is 21.6 Å². The molecular formula is C7H8F3N3O2S. The summed E-state index contributed by atoms with van der Waals surface area (Å²) in [5, 5.41) is 4.61. The van der Waals surface area contributed by atoms with Gasteiger partial charge >= 0.3 is 6.18 Å². The molecule has 0 saturated heterocycles. The Morgan fingerprint density at radius 3 is 2.25 bits per heavy atom. The quantitative estimate of drug-likeness (QED) is 0.685. The normalized spacial score (nSPS) is 12.5. The minimum Gasteiger partial charge on any atom is -0.398 e. The van der Waals surface area contributed by atoms with Gasteiger partial charge in [0.15, 0.2) is 0 Å². The number of hydrogen-bond donors (Lipinski definition) is 3. The van der Waals surface area contributed by atoms with Gasteiger partial charge in [0.25, 0.3) is 10.2 Å². The van der Waals surface area contributed by atoms with Gasteiger partial charge in [-0.15, -0.1) is 0 Å². The molecule has 1 aromatic carbocycles. The number of halogens is 3. The third-order valence-corrected chi connectivity index (χ3v) is 2.14. The Morgan fingerprint density at radius 2 is 1.81 bits per heavy atom. The van der Waals surface area contributed by atoms with Crippen molar-refractivity contribution in [1.82, 2.24) is 0 Å². The van der Waals surface area contributed by atoms with E-state index in [-0.39, 0.29) is 5.69 Å². The highest BCUT2D eigenvalue weighted by Crippen LogP contribution is 2.35. The molecular weight excluding hydrogens is 247 g/mol. The minimum atomic E-state index is -4.65. The molecule has 5 nitrogen and oxygen atoms in total. The third kappa shape index (κ3) is 3.28. The van der Waals surface area contributed by atoms with Crippen LogP contribution in [0.1, 0.15) is 5.56 Å². The second-order valence-electron chi connectivity index (χ2n) is 2.95. The van der Waals surface area contributed by atoms with Gasteiger partial charge in [0.1, 0.15) is 0 Å². The number of rotatable bonds is 2. The maximum atomic E-state index is 12.4. The van der Waals surface area contributed by atoms with E-state index in [1.54, 1.807) is 4.72 Å². The van der Waals surface area contributed by atoms with Gasteiger partial charge in [0.05, 0.1) is 11.3 Å². The fraction of sp³-hybridized carbons (Fsp3) is 0.143. The molecule has 0 atom stereocenters. The summed E-state index contributed by atoms with van der Waals surface area (Å²) in [6.07, 6.45) is -4.65. The molecule has 0 aliphatic heterocycles. The zero-order valence-corrected chi connectivity index (χ0v) is 8.56. The van der Waals surface area contributed by atoms with Crippen LogP contribution in [0.25, 0.3) is 0 Å². The van der Waals surface area contributed by atoms with Crippen LogP contribution in [-0.4, -0.2) is 8.42 Å². The Bertz CT molecular complexity index is 498. The first-order valence-corrected chi connectivity index (χ1v) is 5.41. The summed E-state index contributed by atoms with van der Waals surface area (Å²) in [5.74, 6) is 0. The molecule has 0 aromatic heterocycles. The molecule has 0 radical (unpaired) electrons. The molecule has 9 heteroatoms. The van der Waals surface area contributed by atoms with E-state index in [1.807, 2.05) is 0 Å². The maximum Gasteiger partial charge on any atom is 0.418 e. The van der Waals surface area contributed by atoms with Crippen LogP contribution in [-0.2, 0) is 16.4 Å². The first kappa shape index (κ1) is 12.6. The molecule has 0 unspecified atom stereocenters. The highest BCUT2D eigenvalue weighted by atomic mass is 32.2. The molecule has 0 amide bonds. The molecule has 0 bridgehead atoms. The van der Waals surface area contributed by atoms with Crippen LogP contribution in [0, 0.1) is 0 Å². The van der Waals surface area contributed by atoms with Crippen molar-refractivity contribution < 1.29 is 21.6 Å². The molecule has 0 aliphatic rings. The van der Waals surface area contributed by atoms with Crippen molar-refractivity contribution in [2.45, 2.75) is 6.18 Å². The monoisotopic (exact) mass is 255 g/mol. The van der Waals surface area contributed by atoms with E-state index in [1.165, 1.54) is 0 Å². The summed E-state index contributed by atoms with van der Waals surface area (Å²) in [5.41, 5.74) is 3.19. The summed E-state index contributed by atoms with van der Waals surface area (Å²) < 4.78 is 60.0. The number of hydrogen-bond acceptors (Lipinski definition) is 3. The topological polar surface area (TPSA) is 98.2 Å². The third-order valence-electron chi connectivity index (χ3n) is 1.62. The van der Waals surface area contributed by atoms with Crippen LogP contribution in [0.15, 0.2) is 18.2 Å². The summed E-state index contributed by atoms with van der Waals surface area (Å²) >= 11 is 0. The highest BCUT2D eigenvalue weighted by molar-refractivity contribution is 7.90. The van der Waals surface area contributed by atoms with E-state index in [2.05, 4.69) is 5.14 Å². The van der Waals surface area contributed by atoms with E-state index >= 15 is 0 Å². The van der Waals surface area contributed by atoms with Crippen molar-refractivity contribution in [2.24, 2.45) is 5.14 Å². The lowest BCUT2D eigenvalue weighted by Crippen LogP contribution is -2.22. The maximum absolute atomic E-state index is 12.4. The number of nitrogens with one attached hydrogen (secondary N) is 1. The van der Waals surface area contributed by atoms with Gasteiger partial charge < -0.3 is 5.73 Å². The predicted octanol–water partition coefficient (Wildman–Crippen LogP) is 0.903. The van der Waals surface area contributed by atoms with Gasteiger partial charge in [-0.2, -0.15) is 21.6 Å². The van der Waals surface area contributed by atoms with Crippen molar-refractivity contribution in [3.63, 3.8) is 0 Å². The van der Waals surface area contributed by atoms with Gasteiger partial charge in [-0.3, -0.25) is 4.72 Å². The molecule has 90 valence electrons. The van der Waals surface area contributed by atoms with Gasteiger partial charge in [0.2, 0.25) is 0 Å². The Morgan fingerprint density at radius 1 is 1.25 bits per heavy atom. The molecule has 0 heterocycles. The summed E-state index contributed by atoms with van der Waals surface area (Å²) in [4.78, 5) is 0. The molecule has 0 fully saturated rings. The first-order valence-electron chi connectivity index (χ1n) is 3.87. The molecule has 1 aromatic rings. The molecule has 0 saturated carbocycles. The van der Waals surface area contributed by atoms with Crippen LogP contribution in [0.4, 0.5) is 24.5 Å². The zero-order chi connectivity index (χ0) is 12.6. The van der Waals surface area contributed by atoms with Crippen LogP contribution < -0.4 is 15.6 Å². The molecule has 0 aliphatic carbocycles. The van der Waals surface area contributed by atoms with E-state index in [0.717, 1.165) is 12.1 Å². The summed E-state index contributed by atoms with van der Waals surface area (Å²) in [6, 6.07) is 2.59. The van der Waals surface area contributed by atoms with Gasteiger partial charge in [-0.05, 0) is 18.2 Å². The van der Waals surface area contributed by atoms with Crippen LogP contribution in [0.2, 0.25) is 0 Å². The van der Waals surface area contributed by atoms with E-state index in [4.69, 9.17) is 5.73 Å².